The fourth-order valence-electron chi connectivity index (χ4n) is 3.45. The zero-order chi connectivity index (χ0) is 18.2. The molecule has 0 aromatic heterocycles. The predicted molar refractivity (Wildman–Crippen MR) is 102 cm³/mol. The Bertz CT molecular complexity index is 679. The van der Waals surface area contributed by atoms with Crippen LogP contribution in [0.3, 0.4) is 0 Å². The number of nitrogens with one attached hydrogen (secondary N) is 1. The number of amides is 1. The quantitative estimate of drug-likeness (QED) is 0.826. The van der Waals surface area contributed by atoms with E-state index in [1.165, 1.54) is 17.7 Å². The molecule has 3 nitrogen and oxygen atoms in total. The van der Waals surface area contributed by atoms with E-state index in [2.05, 4.69) is 40.5 Å². The topological polar surface area (TPSA) is 32.3 Å². The molecular weight excluding hydrogens is 327 g/mol. The second kappa shape index (κ2) is 9.48. The minimum absolute atomic E-state index is 0.0168. The van der Waals surface area contributed by atoms with E-state index in [1.54, 1.807) is 12.1 Å². The van der Waals surface area contributed by atoms with E-state index in [4.69, 9.17) is 0 Å². The summed E-state index contributed by atoms with van der Waals surface area (Å²) in [6, 6.07) is 16.7. The molecule has 138 valence electrons. The summed E-state index contributed by atoms with van der Waals surface area (Å²) in [7, 11) is 0. The van der Waals surface area contributed by atoms with E-state index in [-0.39, 0.29) is 11.7 Å². The average Bonchev–Trinajstić information content (AvgIpc) is 2.68. The summed E-state index contributed by atoms with van der Waals surface area (Å²) in [5.74, 6) is 0.302. The second-order valence-electron chi connectivity index (χ2n) is 7.13. The number of hydrogen-bond acceptors (Lipinski definition) is 2. The Morgan fingerprint density at radius 2 is 1.69 bits per heavy atom. The van der Waals surface area contributed by atoms with E-state index >= 15 is 0 Å². The first-order chi connectivity index (χ1) is 12.7. The lowest BCUT2D eigenvalue weighted by Gasteiger charge is -2.32. The molecule has 0 aliphatic carbocycles. The maximum Gasteiger partial charge on any atom is 0.224 e. The van der Waals surface area contributed by atoms with Gasteiger partial charge in [-0.3, -0.25) is 4.79 Å². The van der Waals surface area contributed by atoms with Gasteiger partial charge >= 0.3 is 0 Å². The average molecular weight is 354 g/mol. The fraction of sp³-hybridized carbons (Fsp3) is 0.409. The molecule has 0 spiro atoms. The Balaban J connectivity index is 1.32. The van der Waals surface area contributed by atoms with Crippen LogP contribution in [0.2, 0.25) is 0 Å². The predicted octanol–water partition coefficient (Wildman–Crippen LogP) is 3.44. The van der Waals surface area contributed by atoms with Crippen molar-refractivity contribution in [3.63, 3.8) is 0 Å². The van der Waals surface area contributed by atoms with Gasteiger partial charge in [-0.2, -0.15) is 0 Å². The largest absolute Gasteiger partial charge is 0.356 e. The Morgan fingerprint density at radius 3 is 2.38 bits per heavy atom. The van der Waals surface area contributed by atoms with Gasteiger partial charge in [-0.05, 0) is 61.5 Å². The molecule has 2 aromatic rings. The molecule has 1 aliphatic heterocycles. The van der Waals surface area contributed by atoms with Gasteiger partial charge in [-0.15, -0.1) is 0 Å². The number of likely N-dealkylation sites (tertiary alicyclic amines) is 1. The third kappa shape index (κ3) is 5.95. The van der Waals surface area contributed by atoms with Crippen LogP contribution in [0.1, 0.15) is 24.0 Å². The molecule has 1 amide bonds. The molecule has 4 heteroatoms. The monoisotopic (exact) mass is 354 g/mol. The van der Waals surface area contributed by atoms with E-state index in [1.807, 2.05) is 0 Å². The summed E-state index contributed by atoms with van der Waals surface area (Å²) in [6.45, 7) is 4.05. The summed E-state index contributed by atoms with van der Waals surface area (Å²) in [5, 5.41) is 3.04. The zero-order valence-corrected chi connectivity index (χ0v) is 15.2. The number of hydrogen-bond donors (Lipinski definition) is 1. The minimum atomic E-state index is -0.270. The van der Waals surface area contributed by atoms with E-state index in [9.17, 15) is 9.18 Å². The van der Waals surface area contributed by atoms with Gasteiger partial charge in [0.15, 0.2) is 0 Å². The molecule has 1 N–H and O–H groups in total. The normalized spacial score (nSPS) is 15.7. The summed E-state index contributed by atoms with van der Waals surface area (Å²) in [6.07, 6.45) is 3.67. The van der Waals surface area contributed by atoms with E-state index < -0.39 is 0 Å². The van der Waals surface area contributed by atoms with Crippen LogP contribution in [0.5, 0.6) is 0 Å². The van der Waals surface area contributed by atoms with E-state index in [0.717, 1.165) is 51.0 Å². The summed E-state index contributed by atoms with van der Waals surface area (Å²) >= 11 is 0. The van der Waals surface area contributed by atoms with Crippen molar-refractivity contribution in [1.29, 1.82) is 0 Å². The number of piperidine rings is 1. The third-order valence-electron chi connectivity index (χ3n) is 5.13. The zero-order valence-electron chi connectivity index (χ0n) is 15.2. The number of nitrogens with zero attached hydrogens (tertiary/aromatic N) is 1. The second-order valence-corrected chi connectivity index (χ2v) is 7.13. The Labute approximate surface area is 155 Å². The first kappa shape index (κ1) is 18.6. The SMILES string of the molecule is O=C(Cc1ccc(F)cc1)NCC1CCN(CCc2ccccc2)CC1. The number of carbonyl (C=O) groups excluding carboxylic acids is 1. The highest BCUT2D eigenvalue weighted by Gasteiger charge is 2.19. The molecule has 1 aliphatic rings. The minimum Gasteiger partial charge on any atom is -0.356 e. The van der Waals surface area contributed by atoms with Gasteiger partial charge in [0.05, 0.1) is 6.42 Å². The van der Waals surface area contributed by atoms with Crippen molar-refractivity contribution < 1.29 is 9.18 Å². The maximum atomic E-state index is 12.9. The number of carbonyl (C=O) groups is 1. The first-order valence-corrected chi connectivity index (χ1v) is 9.46. The number of rotatable bonds is 7. The molecular formula is C22H27FN2O. The highest BCUT2D eigenvalue weighted by molar-refractivity contribution is 5.78. The van der Waals surface area contributed by atoms with Crippen molar-refractivity contribution in [2.75, 3.05) is 26.2 Å². The van der Waals surface area contributed by atoms with Crippen molar-refractivity contribution in [1.82, 2.24) is 10.2 Å². The molecule has 3 rings (SSSR count). The van der Waals surface area contributed by atoms with Crippen LogP contribution in [0, 0.1) is 11.7 Å². The first-order valence-electron chi connectivity index (χ1n) is 9.46. The van der Waals surface area contributed by atoms with Crippen molar-refractivity contribution in [3.8, 4) is 0 Å². The molecule has 0 atom stereocenters. The lowest BCUT2D eigenvalue weighted by Crippen LogP contribution is -2.39. The number of benzene rings is 2. The van der Waals surface area contributed by atoms with Crippen LogP contribution < -0.4 is 5.32 Å². The molecule has 1 heterocycles. The molecule has 0 unspecified atom stereocenters. The van der Waals surface area contributed by atoms with Crippen molar-refractivity contribution in [3.05, 3.63) is 71.5 Å². The number of halogens is 1. The lowest BCUT2D eigenvalue weighted by molar-refractivity contribution is -0.120. The van der Waals surface area contributed by atoms with Crippen LogP contribution >= 0.6 is 0 Å². The van der Waals surface area contributed by atoms with Crippen LogP contribution in [-0.4, -0.2) is 37.0 Å². The van der Waals surface area contributed by atoms with Gasteiger partial charge in [-0.25, -0.2) is 4.39 Å². The van der Waals surface area contributed by atoms with Crippen molar-refractivity contribution in [2.45, 2.75) is 25.7 Å². The van der Waals surface area contributed by atoms with Gasteiger partial charge < -0.3 is 10.2 Å². The molecule has 1 fully saturated rings. The highest BCUT2D eigenvalue weighted by Crippen LogP contribution is 2.17. The standard InChI is InChI=1S/C22H27FN2O/c23-21-8-6-19(7-9-21)16-22(26)24-17-20-11-14-25(15-12-20)13-10-18-4-2-1-3-5-18/h1-9,20H,10-17H2,(H,24,26). The highest BCUT2D eigenvalue weighted by atomic mass is 19.1. The van der Waals surface area contributed by atoms with Crippen LogP contribution in [0.4, 0.5) is 4.39 Å². The van der Waals surface area contributed by atoms with Crippen LogP contribution in [0.25, 0.3) is 0 Å². The van der Waals surface area contributed by atoms with Crippen LogP contribution in [-0.2, 0) is 17.6 Å². The molecule has 26 heavy (non-hydrogen) atoms. The van der Waals surface area contributed by atoms with Gasteiger partial charge in [-0.1, -0.05) is 42.5 Å². The summed E-state index contributed by atoms with van der Waals surface area (Å²) in [4.78, 5) is 14.6. The van der Waals surface area contributed by atoms with Gasteiger partial charge in [0.1, 0.15) is 5.82 Å². The summed E-state index contributed by atoms with van der Waals surface area (Å²) in [5.41, 5.74) is 2.24. The molecule has 2 aromatic carbocycles. The summed E-state index contributed by atoms with van der Waals surface area (Å²) < 4.78 is 12.9. The van der Waals surface area contributed by atoms with Gasteiger partial charge in [0.2, 0.25) is 5.91 Å². The Kier molecular flexibility index (Phi) is 6.78. The molecule has 0 bridgehead atoms. The third-order valence-corrected chi connectivity index (χ3v) is 5.13. The smallest absolute Gasteiger partial charge is 0.224 e. The Hall–Kier alpha value is -2.20. The Morgan fingerprint density at radius 1 is 1.00 bits per heavy atom. The molecule has 1 saturated heterocycles. The van der Waals surface area contributed by atoms with Gasteiger partial charge in [0.25, 0.3) is 0 Å². The van der Waals surface area contributed by atoms with Crippen molar-refractivity contribution >= 4 is 5.91 Å². The van der Waals surface area contributed by atoms with Crippen molar-refractivity contribution in [2.24, 2.45) is 5.92 Å². The van der Waals surface area contributed by atoms with E-state index in [0.29, 0.717) is 12.3 Å². The lowest BCUT2D eigenvalue weighted by atomic mass is 9.96. The van der Waals surface area contributed by atoms with Crippen LogP contribution in [0.15, 0.2) is 54.6 Å². The molecule has 0 saturated carbocycles. The maximum absolute atomic E-state index is 12.9. The molecule has 0 radical (unpaired) electrons. The fourth-order valence-corrected chi connectivity index (χ4v) is 3.45. The van der Waals surface area contributed by atoms with Gasteiger partial charge in [0, 0.05) is 13.1 Å².